The molecule has 2 aliphatic rings. The van der Waals surface area contributed by atoms with E-state index in [4.69, 9.17) is 4.74 Å². The molecule has 2 aliphatic heterocycles. The van der Waals surface area contributed by atoms with Gasteiger partial charge >= 0.3 is 0 Å². The number of ether oxygens (including phenoxy) is 1. The van der Waals surface area contributed by atoms with Crippen LogP contribution in [-0.4, -0.2) is 37.7 Å². The Labute approximate surface area is 113 Å². The van der Waals surface area contributed by atoms with Crippen molar-refractivity contribution in [2.45, 2.75) is 19.4 Å². The van der Waals surface area contributed by atoms with E-state index in [1.54, 1.807) is 12.1 Å². The van der Waals surface area contributed by atoms with Crippen LogP contribution in [0.25, 0.3) is 0 Å². The Hall–Kier alpha value is -1.13. The van der Waals surface area contributed by atoms with E-state index < -0.39 is 0 Å². The maximum Gasteiger partial charge on any atom is 0.124 e. The molecule has 1 saturated heterocycles. The highest BCUT2D eigenvalue weighted by Gasteiger charge is 2.20. The fourth-order valence-electron chi connectivity index (χ4n) is 3.00. The van der Waals surface area contributed by atoms with Gasteiger partial charge in [0.05, 0.1) is 0 Å². The van der Waals surface area contributed by atoms with Gasteiger partial charge in [0.1, 0.15) is 18.2 Å². The highest BCUT2D eigenvalue weighted by molar-refractivity contribution is 5.34. The van der Waals surface area contributed by atoms with Gasteiger partial charge in [-0.2, -0.15) is 0 Å². The van der Waals surface area contributed by atoms with Gasteiger partial charge in [-0.05, 0) is 50.0 Å². The summed E-state index contributed by atoms with van der Waals surface area (Å²) in [6, 6.07) is 4.83. The molecule has 0 saturated carbocycles. The zero-order valence-electron chi connectivity index (χ0n) is 11.2. The fraction of sp³-hybridized carbons (Fsp3) is 0.600. The van der Waals surface area contributed by atoms with Crippen LogP contribution in [-0.2, 0) is 6.54 Å². The van der Waals surface area contributed by atoms with Crippen LogP contribution < -0.4 is 10.1 Å². The fourth-order valence-corrected chi connectivity index (χ4v) is 3.00. The minimum Gasteiger partial charge on any atom is -0.492 e. The van der Waals surface area contributed by atoms with Crippen molar-refractivity contribution in [1.29, 1.82) is 0 Å². The van der Waals surface area contributed by atoms with E-state index >= 15 is 0 Å². The van der Waals surface area contributed by atoms with Crippen molar-refractivity contribution in [3.63, 3.8) is 0 Å². The Morgan fingerprint density at radius 3 is 3.00 bits per heavy atom. The summed E-state index contributed by atoms with van der Waals surface area (Å²) >= 11 is 0. The number of hydrogen-bond donors (Lipinski definition) is 1. The molecule has 0 radical (unpaired) electrons. The maximum atomic E-state index is 13.3. The van der Waals surface area contributed by atoms with Gasteiger partial charge in [-0.25, -0.2) is 4.39 Å². The summed E-state index contributed by atoms with van der Waals surface area (Å²) < 4.78 is 19.0. The van der Waals surface area contributed by atoms with Gasteiger partial charge in [-0.1, -0.05) is 0 Å². The van der Waals surface area contributed by atoms with Crippen molar-refractivity contribution in [3.8, 4) is 5.75 Å². The lowest BCUT2D eigenvalue weighted by molar-refractivity contribution is 0.181. The minimum absolute atomic E-state index is 0.175. The lowest BCUT2D eigenvalue weighted by Crippen LogP contribution is -2.36. The molecule has 3 rings (SSSR count). The highest BCUT2D eigenvalue weighted by atomic mass is 19.1. The summed E-state index contributed by atoms with van der Waals surface area (Å²) in [5.74, 6) is 1.43. The summed E-state index contributed by atoms with van der Waals surface area (Å²) in [7, 11) is 0. The van der Waals surface area contributed by atoms with Gasteiger partial charge in [-0.15, -0.1) is 0 Å². The largest absolute Gasteiger partial charge is 0.492 e. The minimum atomic E-state index is -0.175. The first-order valence-corrected chi connectivity index (χ1v) is 7.15. The van der Waals surface area contributed by atoms with Crippen LogP contribution in [0.3, 0.4) is 0 Å². The maximum absolute atomic E-state index is 13.3. The van der Waals surface area contributed by atoms with Crippen LogP contribution in [0, 0.1) is 11.7 Å². The third-order valence-corrected chi connectivity index (χ3v) is 4.06. The van der Waals surface area contributed by atoms with Crippen LogP contribution in [0.5, 0.6) is 5.75 Å². The van der Waals surface area contributed by atoms with Crippen LogP contribution in [0.2, 0.25) is 0 Å². The molecular formula is C15H21FN2O. The average Bonchev–Trinajstić information content (AvgIpc) is 2.61. The topological polar surface area (TPSA) is 24.5 Å². The predicted molar refractivity (Wildman–Crippen MR) is 72.8 cm³/mol. The molecule has 1 aromatic carbocycles. The quantitative estimate of drug-likeness (QED) is 0.884. The Kier molecular flexibility index (Phi) is 3.99. The second-order valence-electron chi connectivity index (χ2n) is 5.53. The molecule has 4 heteroatoms. The summed E-state index contributed by atoms with van der Waals surface area (Å²) in [5.41, 5.74) is 0.978. The average molecular weight is 264 g/mol. The molecular weight excluding hydrogens is 243 g/mol. The third-order valence-electron chi connectivity index (χ3n) is 4.06. The first-order chi connectivity index (χ1) is 9.31. The standard InChI is InChI=1S/C15H21FN2O/c16-14-1-2-15-13(9-14)11-18(7-8-19-15)10-12-3-5-17-6-4-12/h1-2,9,12,17H,3-8,10-11H2. The summed E-state index contributed by atoms with van der Waals surface area (Å²) in [5, 5.41) is 3.39. The second-order valence-corrected chi connectivity index (χ2v) is 5.53. The molecule has 0 spiro atoms. The first-order valence-electron chi connectivity index (χ1n) is 7.15. The van der Waals surface area contributed by atoms with Crippen LogP contribution in [0.15, 0.2) is 18.2 Å². The molecule has 0 aromatic heterocycles. The molecule has 0 amide bonds. The van der Waals surface area contributed by atoms with E-state index in [9.17, 15) is 4.39 Å². The number of rotatable bonds is 2. The number of fused-ring (bicyclic) bond motifs is 1. The molecule has 1 N–H and O–H groups in total. The molecule has 1 aromatic rings. The molecule has 0 aliphatic carbocycles. The zero-order chi connectivity index (χ0) is 13.1. The van der Waals surface area contributed by atoms with Gasteiger partial charge in [0, 0.05) is 25.2 Å². The lowest BCUT2D eigenvalue weighted by Gasteiger charge is -2.28. The molecule has 3 nitrogen and oxygen atoms in total. The Morgan fingerprint density at radius 1 is 1.32 bits per heavy atom. The summed E-state index contributed by atoms with van der Waals surface area (Å²) in [4.78, 5) is 2.40. The number of nitrogens with zero attached hydrogens (tertiary/aromatic N) is 1. The van der Waals surface area contributed by atoms with Crippen molar-refractivity contribution in [3.05, 3.63) is 29.6 Å². The van der Waals surface area contributed by atoms with Gasteiger partial charge in [0.25, 0.3) is 0 Å². The molecule has 0 unspecified atom stereocenters. The summed E-state index contributed by atoms with van der Waals surface area (Å²) in [6.45, 7) is 5.78. The smallest absolute Gasteiger partial charge is 0.124 e. The van der Waals surface area contributed by atoms with Crippen molar-refractivity contribution in [2.24, 2.45) is 5.92 Å². The van der Waals surface area contributed by atoms with Gasteiger partial charge in [0.15, 0.2) is 0 Å². The van der Waals surface area contributed by atoms with Crippen LogP contribution in [0.4, 0.5) is 4.39 Å². The highest BCUT2D eigenvalue weighted by Crippen LogP contribution is 2.25. The van der Waals surface area contributed by atoms with E-state index in [0.29, 0.717) is 6.61 Å². The van der Waals surface area contributed by atoms with Crippen LogP contribution >= 0.6 is 0 Å². The molecule has 2 heterocycles. The number of nitrogens with one attached hydrogen (secondary N) is 1. The van der Waals surface area contributed by atoms with E-state index in [2.05, 4.69) is 10.2 Å². The molecule has 0 bridgehead atoms. The van der Waals surface area contributed by atoms with Crippen molar-refractivity contribution >= 4 is 0 Å². The monoisotopic (exact) mass is 264 g/mol. The summed E-state index contributed by atoms with van der Waals surface area (Å²) in [6.07, 6.45) is 2.49. The van der Waals surface area contributed by atoms with Crippen LogP contribution in [0.1, 0.15) is 18.4 Å². The Morgan fingerprint density at radius 2 is 2.16 bits per heavy atom. The van der Waals surface area contributed by atoms with Crippen molar-refractivity contribution in [1.82, 2.24) is 10.2 Å². The number of piperidine rings is 1. The Balaban J connectivity index is 1.67. The Bertz CT molecular complexity index is 432. The zero-order valence-corrected chi connectivity index (χ0v) is 11.2. The van der Waals surface area contributed by atoms with Crippen molar-refractivity contribution < 1.29 is 9.13 Å². The number of hydrogen-bond acceptors (Lipinski definition) is 3. The van der Waals surface area contributed by atoms with E-state index in [-0.39, 0.29) is 5.82 Å². The predicted octanol–water partition coefficient (Wildman–Crippen LogP) is 2.02. The van der Waals surface area contributed by atoms with E-state index in [0.717, 1.165) is 50.0 Å². The molecule has 104 valence electrons. The van der Waals surface area contributed by atoms with Gasteiger partial charge in [-0.3, -0.25) is 4.90 Å². The molecule has 0 atom stereocenters. The SMILES string of the molecule is Fc1ccc2c(c1)CN(CC1CCNCC1)CCO2. The molecule has 1 fully saturated rings. The normalized spacial score (nSPS) is 21.5. The van der Waals surface area contributed by atoms with Crippen molar-refractivity contribution in [2.75, 3.05) is 32.8 Å². The lowest BCUT2D eigenvalue weighted by atomic mass is 9.97. The van der Waals surface area contributed by atoms with E-state index in [1.165, 1.54) is 18.9 Å². The van der Waals surface area contributed by atoms with Gasteiger partial charge < -0.3 is 10.1 Å². The number of halogens is 1. The van der Waals surface area contributed by atoms with Gasteiger partial charge in [0.2, 0.25) is 0 Å². The first kappa shape index (κ1) is 12.9. The number of benzene rings is 1. The molecule has 19 heavy (non-hydrogen) atoms. The second kappa shape index (κ2) is 5.88. The van der Waals surface area contributed by atoms with E-state index in [1.807, 2.05) is 0 Å². The third kappa shape index (κ3) is 3.25.